The molecule has 288 valence electrons. The normalized spacial score (nSPS) is 21.6. The molecule has 3 aromatic rings. The molecule has 1 amide bonds. The third kappa shape index (κ3) is 8.24. The fraction of sp³-hybridized carbons (Fsp3) is 0.514. The van der Waals surface area contributed by atoms with Crippen LogP contribution in [0.2, 0.25) is 0 Å². The Morgan fingerprint density at radius 1 is 0.906 bits per heavy atom. The number of sulfonamides is 1. The Morgan fingerprint density at radius 3 is 2.23 bits per heavy atom. The number of nitrogens with zero attached hydrogens (tertiary/aromatic N) is 2. The Balaban J connectivity index is 1.46. The van der Waals surface area contributed by atoms with E-state index in [1.165, 1.54) is 24.3 Å². The maximum atomic E-state index is 17.1. The third-order valence-corrected chi connectivity index (χ3v) is 11.7. The zero-order valence-corrected chi connectivity index (χ0v) is 29.9. The molecule has 2 aliphatic heterocycles. The number of halogens is 5. The lowest BCUT2D eigenvalue weighted by Crippen LogP contribution is -2.62. The molecule has 2 saturated heterocycles. The van der Waals surface area contributed by atoms with Crippen LogP contribution in [0.15, 0.2) is 65.6 Å². The van der Waals surface area contributed by atoms with Crippen LogP contribution < -0.4 is 15.2 Å². The molecule has 3 atom stereocenters. The average Bonchev–Trinajstić information content (AvgIpc) is 3.72. The largest absolute Gasteiger partial charge is 0.494 e. The van der Waals surface area contributed by atoms with Crippen LogP contribution in [0.5, 0.6) is 11.5 Å². The van der Waals surface area contributed by atoms with Crippen LogP contribution in [0.4, 0.5) is 22.0 Å². The number of hydroxylamine groups is 1. The molecule has 0 radical (unpaired) electrons. The molecule has 10 nitrogen and oxygen atoms in total. The first-order valence-corrected chi connectivity index (χ1v) is 19.3. The summed E-state index contributed by atoms with van der Waals surface area (Å²) in [5.74, 6) is -8.73. The van der Waals surface area contributed by atoms with Crippen molar-refractivity contribution in [3.05, 3.63) is 66.2 Å². The van der Waals surface area contributed by atoms with E-state index in [1.807, 2.05) is 6.92 Å². The van der Waals surface area contributed by atoms with Gasteiger partial charge in [-0.2, -0.15) is 22.0 Å². The van der Waals surface area contributed by atoms with Crippen molar-refractivity contribution in [2.45, 2.75) is 118 Å². The lowest BCUT2D eigenvalue weighted by Gasteiger charge is -2.42. The minimum Gasteiger partial charge on any atom is -0.494 e. The topological polar surface area (TPSA) is 128 Å². The van der Waals surface area contributed by atoms with Gasteiger partial charge in [-0.15, -0.1) is 0 Å². The summed E-state index contributed by atoms with van der Waals surface area (Å²) in [4.78, 5) is 31.6. The molecule has 3 fully saturated rings. The van der Waals surface area contributed by atoms with E-state index in [-0.39, 0.29) is 42.7 Å². The van der Waals surface area contributed by atoms with E-state index >= 15 is 8.78 Å². The summed E-state index contributed by atoms with van der Waals surface area (Å²) in [5, 5.41) is 0.749. The number of carbonyl (C=O) groups is 2. The molecule has 1 aliphatic carbocycles. The minimum atomic E-state index is -5.82. The number of piperidine rings is 1. The van der Waals surface area contributed by atoms with Crippen LogP contribution in [0, 0.1) is 0 Å². The summed E-state index contributed by atoms with van der Waals surface area (Å²) >= 11 is 0. The Hall–Kier alpha value is -4.02. The van der Waals surface area contributed by atoms with Gasteiger partial charge < -0.3 is 24.9 Å². The van der Waals surface area contributed by atoms with Gasteiger partial charge in [-0.1, -0.05) is 37.6 Å². The predicted octanol–water partition coefficient (Wildman–Crippen LogP) is 6.99. The van der Waals surface area contributed by atoms with Gasteiger partial charge in [0.2, 0.25) is 6.04 Å². The number of amides is 1. The number of hydrogen-bond acceptors (Lipinski definition) is 8. The van der Waals surface area contributed by atoms with Crippen LogP contribution in [0.25, 0.3) is 10.8 Å². The number of carbonyl (C=O) groups excluding carboxylic acids is 2. The molecule has 6 rings (SSSR count). The van der Waals surface area contributed by atoms with Gasteiger partial charge in [0.25, 0.3) is 15.9 Å². The smallest absolute Gasteiger partial charge is 0.492 e. The molecule has 0 aromatic heterocycles. The lowest BCUT2D eigenvalue weighted by atomic mass is 9.94. The first-order chi connectivity index (χ1) is 25.1. The number of hydrogen-bond donors (Lipinski definition) is 1. The summed E-state index contributed by atoms with van der Waals surface area (Å²) in [5.41, 5.74) is 5.20. The Labute approximate surface area is 304 Å². The summed E-state index contributed by atoms with van der Waals surface area (Å²) in [6.45, 7) is 2.05. The predicted molar refractivity (Wildman–Crippen MR) is 183 cm³/mol. The van der Waals surface area contributed by atoms with Crippen molar-refractivity contribution >= 4 is 32.7 Å². The third-order valence-electron chi connectivity index (χ3n) is 10.1. The van der Waals surface area contributed by atoms with Crippen LogP contribution >= 0.6 is 0 Å². The number of nitrogens with two attached hydrogens (primary N) is 1. The van der Waals surface area contributed by atoms with Crippen molar-refractivity contribution in [1.29, 1.82) is 0 Å². The van der Waals surface area contributed by atoms with Crippen LogP contribution in [-0.4, -0.2) is 72.7 Å². The Bertz CT molecular complexity index is 1910. The van der Waals surface area contributed by atoms with Gasteiger partial charge in [0.05, 0.1) is 17.6 Å². The number of ether oxygens (including phenoxy) is 2. The van der Waals surface area contributed by atoms with Gasteiger partial charge in [-0.05, 0) is 109 Å². The molecule has 2 heterocycles. The molecular formula is C37H42F5N3O7S. The van der Waals surface area contributed by atoms with Crippen LogP contribution in [0.1, 0.15) is 76.7 Å². The fourth-order valence-electron chi connectivity index (χ4n) is 7.50. The quantitative estimate of drug-likeness (QED) is 0.112. The van der Waals surface area contributed by atoms with Crippen molar-refractivity contribution in [3.8, 4) is 11.5 Å². The van der Waals surface area contributed by atoms with Crippen molar-refractivity contribution in [1.82, 2.24) is 9.37 Å². The average molecular weight is 768 g/mol. The summed E-state index contributed by atoms with van der Waals surface area (Å²) < 4.78 is 115. The molecule has 53 heavy (non-hydrogen) atoms. The Kier molecular flexibility index (Phi) is 11.2. The highest BCUT2D eigenvalue weighted by atomic mass is 32.2. The van der Waals surface area contributed by atoms with Gasteiger partial charge in [-0.25, -0.2) is 13.2 Å². The number of unbranched alkanes of at least 4 members (excludes halogenated alkanes) is 1. The second-order valence-corrected chi connectivity index (χ2v) is 15.7. The molecule has 1 saturated carbocycles. The zero-order valence-electron chi connectivity index (χ0n) is 29.1. The van der Waals surface area contributed by atoms with Crippen molar-refractivity contribution in [2.75, 3.05) is 6.61 Å². The highest BCUT2D eigenvalue weighted by Gasteiger charge is 2.60. The van der Waals surface area contributed by atoms with E-state index in [4.69, 9.17) is 15.2 Å². The van der Waals surface area contributed by atoms with Crippen LogP contribution in [-0.2, 0) is 30.4 Å². The number of alkyl halides is 5. The number of fused-ring (bicyclic) bond motifs is 3. The van der Waals surface area contributed by atoms with Crippen molar-refractivity contribution in [3.63, 3.8) is 0 Å². The minimum absolute atomic E-state index is 0.0228. The zero-order chi connectivity index (χ0) is 38.1. The molecule has 2 N–H and O–H groups in total. The van der Waals surface area contributed by atoms with E-state index in [1.54, 1.807) is 12.1 Å². The first-order valence-electron chi connectivity index (χ1n) is 17.8. The van der Waals surface area contributed by atoms with Crippen molar-refractivity contribution in [2.24, 2.45) is 5.73 Å². The molecule has 3 aromatic carbocycles. The molecule has 3 aliphatic rings. The fourth-order valence-corrected chi connectivity index (χ4v) is 8.89. The summed E-state index contributed by atoms with van der Waals surface area (Å²) in [7, 11) is -5.63. The van der Waals surface area contributed by atoms with E-state index in [0.29, 0.717) is 30.4 Å². The highest BCUT2D eigenvalue weighted by Crippen LogP contribution is 2.44. The number of benzene rings is 3. The maximum absolute atomic E-state index is 17.1. The SMILES string of the molecule is CCCCOc1cccc(C(F)(F)[C@@H](C(=O)N2C3CCC2CC(N)C3)N(OC(=O)C(F)(F)F)S(=O)(=O)c2ccc3cc(OC4CCCC4)ccc3c2)c1. The molecule has 0 spiro atoms. The highest BCUT2D eigenvalue weighted by molar-refractivity contribution is 7.89. The van der Waals surface area contributed by atoms with E-state index < -0.39 is 67.1 Å². The van der Waals surface area contributed by atoms with E-state index in [0.717, 1.165) is 61.3 Å². The molecule has 2 bridgehead atoms. The summed E-state index contributed by atoms with van der Waals surface area (Å²) in [6.07, 6.45) is 0.463. The maximum Gasteiger partial charge on any atom is 0.492 e. The first kappa shape index (κ1) is 38.7. The monoisotopic (exact) mass is 767 g/mol. The molecule has 2 unspecified atom stereocenters. The molecule has 16 heteroatoms. The number of rotatable bonds is 13. The van der Waals surface area contributed by atoms with Crippen molar-refractivity contribution < 1.29 is 54.3 Å². The van der Waals surface area contributed by atoms with E-state index in [2.05, 4.69) is 4.84 Å². The lowest BCUT2D eigenvalue weighted by molar-refractivity contribution is -0.240. The Morgan fingerprint density at radius 2 is 1.57 bits per heavy atom. The van der Waals surface area contributed by atoms with Crippen LogP contribution in [0.3, 0.4) is 0 Å². The van der Waals surface area contributed by atoms with Gasteiger partial charge in [0.15, 0.2) is 0 Å². The molecular weight excluding hydrogens is 725 g/mol. The van der Waals surface area contributed by atoms with Gasteiger partial charge in [0.1, 0.15) is 11.5 Å². The van der Waals surface area contributed by atoms with E-state index in [9.17, 15) is 31.2 Å². The summed E-state index contributed by atoms with van der Waals surface area (Å²) in [6, 6.07) is 7.39. The second kappa shape index (κ2) is 15.4. The standard InChI is InChI=1S/C37H42F5N3O7S/c1-2-3-17-50-30-10-6-7-25(20-30)36(38,39)33(34(46)44-27-13-14-28(44)22-26(43)21-27)45(52-35(47)37(40,41)42)53(48,49)32-16-12-23-18-31(15-11-24(23)19-32)51-29-8-4-5-9-29/h6-7,10-12,15-16,18-20,26-29,33H,2-5,8-9,13-14,17,21-22,43H2,1H3/t26?,27?,28?,33-/m1/s1. The van der Waals surface area contributed by atoms with Gasteiger partial charge >= 0.3 is 18.1 Å². The second-order valence-electron chi connectivity index (χ2n) is 13.9. The van der Waals surface area contributed by atoms with Gasteiger partial charge in [0, 0.05) is 23.7 Å². The van der Waals surface area contributed by atoms with Gasteiger partial charge in [-0.3, -0.25) is 4.79 Å².